The lowest BCUT2D eigenvalue weighted by atomic mass is 9.92. The van der Waals surface area contributed by atoms with Crippen LogP contribution in [0, 0.1) is 0 Å². The fourth-order valence-electron chi connectivity index (χ4n) is 1.29. The largest absolute Gasteiger partial charge is 0.463 e. The van der Waals surface area contributed by atoms with Crippen LogP contribution in [0.15, 0.2) is 34.9 Å². The van der Waals surface area contributed by atoms with Crippen LogP contribution in [0.1, 0.15) is 26.5 Å². The highest BCUT2D eigenvalue weighted by Crippen LogP contribution is 2.22. The summed E-state index contributed by atoms with van der Waals surface area (Å²) in [6.07, 6.45) is 1.63. The second-order valence-electron chi connectivity index (χ2n) is 4.53. The maximum absolute atomic E-state index is 5.24. The first-order valence-electron chi connectivity index (χ1n) is 4.95. The first-order valence-corrected chi connectivity index (χ1v) is 4.95. The van der Waals surface area contributed by atoms with Gasteiger partial charge in [0.15, 0.2) is 5.76 Å². The number of hydrogen-bond donors (Lipinski definition) is 0. The van der Waals surface area contributed by atoms with Crippen molar-refractivity contribution in [2.45, 2.75) is 26.2 Å². The lowest BCUT2D eigenvalue weighted by molar-refractivity contribution is 0.554. The van der Waals surface area contributed by atoms with Crippen molar-refractivity contribution < 1.29 is 4.42 Å². The van der Waals surface area contributed by atoms with Crippen LogP contribution in [-0.4, -0.2) is 10.2 Å². The summed E-state index contributed by atoms with van der Waals surface area (Å²) in [4.78, 5) is 0. The Kier molecular flexibility index (Phi) is 2.31. The monoisotopic (exact) mass is 202 g/mol. The van der Waals surface area contributed by atoms with E-state index in [0.717, 1.165) is 17.1 Å². The zero-order chi connectivity index (χ0) is 10.9. The summed E-state index contributed by atoms with van der Waals surface area (Å²) in [7, 11) is 0. The van der Waals surface area contributed by atoms with E-state index in [4.69, 9.17) is 4.42 Å². The molecule has 0 aliphatic heterocycles. The van der Waals surface area contributed by atoms with E-state index in [1.807, 2.05) is 24.3 Å². The fraction of sp³-hybridized carbons (Fsp3) is 0.333. The van der Waals surface area contributed by atoms with Gasteiger partial charge >= 0.3 is 0 Å². The average Bonchev–Trinajstić information content (AvgIpc) is 2.69. The molecular weight excluding hydrogens is 188 g/mol. The number of aromatic nitrogens is 2. The lowest BCUT2D eigenvalue weighted by Gasteiger charge is -2.16. The van der Waals surface area contributed by atoms with Gasteiger partial charge in [0, 0.05) is 5.41 Å². The molecule has 0 spiro atoms. The molecular formula is C12H14N2O. The Labute approximate surface area is 89.2 Å². The van der Waals surface area contributed by atoms with Gasteiger partial charge in [-0.1, -0.05) is 20.8 Å². The molecule has 2 heterocycles. The van der Waals surface area contributed by atoms with Gasteiger partial charge in [-0.2, -0.15) is 5.10 Å². The van der Waals surface area contributed by atoms with Crippen LogP contribution in [0.2, 0.25) is 0 Å². The highest BCUT2D eigenvalue weighted by molar-refractivity contribution is 5.50. The average molecular weight is 202 g/mol. The van der Waals surface area contributed by atoms with Gasteiger partial charge in [-0.05, 0) is 24.3 Å². The molecule has 2 aromatic rings. The quantitative estimate of drug-likeness (QED) is 0.713. The fourth-order valence-corrected chi connectivity index (χ4v) is 1.29. The molecule has 78 valence electrons. The van der Waals surface area contributed by atoms with Crippen molar-refractivity contribution in [3.05, 3.63) is 36.2 Å². The Morgan fingerprint density at radius 3 is 2.33 bits per heavy atom. The Morgan fingerprint density at radius 1 is 1.07 bits per heavy atom. The van der Waals surface area contributed by atoms with Crippen molar-refractivity contribution in [3.63, 3.8) is 0 Å². The van der Waals surface area contributed by atoms with E-state index in [0.29, 0.717) is 0 Å². The predicted octanol–water partition coefficient (Wildman–Crippen LogP) is 3.03. The van der Waals surface area contributed by atoms with Crippen LogP contribution >= 0.6 is 0 Å². The van der Waals surface area contributed by atoms with E-state index < -0.39 is 0 Å². The number of rotatable bonds is 1. The third-order valence-corrected chi connectivity index (χ3v) is 2.21. The summed E-state index contributed by atoms with van der Waals surface area (Å²) in [6, 6.07) is 7.65. The highest BCUT2D eigenvalue weighted by Gasteiger charge is 2.16. The molecule has 3 nitrogen and oxygen atoms in total. The smallest absolute Gasteiger partial charge is 0.154 e. The van der Waals surface area contributed by atoms with Crippen molar-refractivity contribution in [2.24, 2.45) is 0 Å². The molecule has 0 atom stereocenters. The molecule has 0 amide bonds. The van der Waals surface area contributed by atoms with Crippen LogP contribution in [-0.2, 0) is 5.41 Å². The van der Waals surface area contributed by atoms with Crippen molar-refractivity contribution in [2.75, 3.05) is 0 Å². The third kappa shape index (κ3) is 2.06. The van der Waals surface area contributed by atoms with Crippen molar-refractivity contribution in [3.8, 4) is 11.5 Å². The number of nitrogens with zero attached hydrogens (tertiary/aromatic N) is 2. The van der Waals surface area contributed by atoms with Gasteiger partial charge in [-0.15, -0.1) is 5.10 Å². The van der Waals surface area contributed by atoms with Gasteiger partial charge < -0.3 is 4.42 Å². The van der Waals surface area contributed by atoms with E-state index in [9.17, 15) is 0 Å². The molecule has 0 saturated heterocycles. The third-order valence-electron chi connectivity index (χ3n) is 2.21. The van der Waals surface area contributed by atoms with Crippen LogP contribution in [0.3, 0.4) is 0 Å². The summed E-state index contributed by atoms with van der Waals surface area (Å²) in [5, 5.41) is 8.34. The van der Waals surface area contributed by atoms with E-state index in [1.54, 1.807) is 6.26 Å². The minimum Gasteiger partial charge on any atom is -0.463 e. The summed E-state index contributed by atoms with van der Waals surface area (Å²) in [6.45, 7) is 6.34. The van der Waals surface area contributed by atoms with Crippen molar-refractivity contribution in [1.29, 1.82) is 0 Å². The zero-order valence-corrected chi connectivity index (χ0v) is 9.19. The molecule has 2 aromatic heterocycles. The molecule has 0 fully saturated rings. The molecule has 15 heavy (non-hydrogen) atoms. The van der Waals surface area contributed by atoms with Gasteiger partial charge in [-0.25, -0.2) is 0 Å². The summed E-state index contributed by atoms with van der Waals surface area (Å²) in [5.41, 5.74) is 1.79. The van der Waals surface area contributed by atoms with E-state index in [1.165, 1.54) is 0 Å². The molecule has 0 bridgehead atoms. The van der Waals surface area contributed by atoms with Gasteiger partial charge in [0.25, 0.3) is 0 Å². The summed E-state index contributed by atoms with van der Waals surface area (Å²) in [5.74, 6) is 0.753. The van der Waals surface area contributed by atoms with Crippen LogP contribution in [0.4, 0.5) is 0 Å². The van der Waals surface area contributed by atoms with Crippen LogP contribution < -0.4 is 0 Å². The second kappa shape index (κ2) is 3.50. The molecule has 0 radical (unpaired) electrons. The van der Waals surface area contributed by atoms with E-state index >= 15 is 0 Å². The predicted molar refractivity (Wildman–Crippen MR) is 58.4 cm³/mol. The Balaban J connectivity index is 2.33. The highest BCUT2D eigenvalue weighted by atomic mass is 16.3. The topological polar surface area (TPSA) is 38.9 Å². The van der Waals surface area contributed by atoms with Gasteiger partial charge in [-0.3, -0.25) is 0 Å². The maximum Gasteiger partial charge on any atom is 0.154 e. The normalized spacial score (nSPS) is 11.7. The second-order valence-corrected chi connectivity index (χ2v) is 4.53. The standard InChI is InChI=1S/C12H14N2O/c1-12(2,3)11-7-6-9(13-14-11)10-5-4-8-15-10/h4-8H,1-3H3. The van der Waals surface area contributed by atoms with Gasteiger partial charge in [0.05, 0.1) is 12.0 Å². The maximum atomic E-state index is 5.24. The van der Waals surface area contributed by atoms with Crippen LogP contribution in [0.5, 0.6) is 0 Å². The van der Waals surface area contributed by atoms with Crippen molar-refractivity contribution >= 4 is 0 Å². The van der Waals surface area contributed by atoms with E-state index in [2.05, 4.69) is 31.0 Å². The molecule has 0 N–H and O–H groups in total. The number of hydrogen-bond acceptors (Lipinski definition) is 3. The minimum atomic E-state index is 0.0364. The van der Waals surface area contributed by atoms with Gasteiger partial charge in [0.1, 0.15) is 5.69 Å². The van der Waals surface area contributed by atoms with Crippen LogP contribution in [0.25, 0.3) is 11.5 Å². The molecule has 0 aliphatic rings. The van der Waals surface area contributed by atoms with Gasteiger partial charge in [0.2, 0.25) is 0 Å². The minimum absolute atomic E-state index is 0.0364. The summed E-state index contributed by atoms with van der Waals surface area (Å²) < 4.78 is 5.24. The number of furan rings is 1. The Morgan fingerprint density at radius 2 is 1.87 bits per heavy atom. The molecule has 0 aliphatic carbocycles. The van der Waals surface area contributed by atoms with E-state index in [-0.39, 0.29) is 5.41 Å². The first-order chi connectivity index (χ1) is 7.07. The summed E-state index contributed by atoms with van der Waals surface area (Å²) >= 11 is 0. The molecule has 3 heteroatoms. The van der Waals surface area contributed by atoms with Crippen molar-refractivity contribution in [1.82, 2.24) is 10.2 Å². The first kappa shape index (κ1) is 9.90. The molecule has 0 unspecified atom stereocenters. The molecule has 0 saturated carbocycles. The molecule has 2 rings (SSSR count). The Bertz CT molecular complexity index is 424. The Hall–Kier alpha value is -1.64. The SMILES string of the molecule is CC(C)(C)c1ccc(-c2ccco2)nn1. The lowest BCUT2D eigenvalue weighted by Crippen LogP contribution is -2.14. The zero-order valence-electron chi connectivity index (χ0n) is 9.19. The molecule has 0 aromatic carbocycles.